The van der Waals surface area contributed by atoms with Crippen molar-refractivity contribution in [1.29, 1.82) is 0 Å². The van der Waals surface area contributed by atoms with Crippen LogP contribution in [0.2, 0.25) is 0 Å². The van der Waals surface area contributed by atoms with Gasteiger partial charge < -0.3 is 4.74 Å². The number of rotatable bonds is 3. The van der Waals surface area contributed by atoms with Crippen LogP contribution in [0.3, 0.4) is 0 Å². The minimum atomic E-state index is 0.389. The van der Waals surface area contributed by atoms with Crippen LogP contribution >= 0.6 is 0 Å². The second-order valence-corrected chi connectivity index (χ2v) is 7.82. The molecule has 0 radical (unpaired) electrons. The van der Waals surface area contributed by atoms with Gasteiger partial charge in [-0.1, -0.05) is 24.3 Å². The fourth-order valence-corrected chi connectivity index (χ4v) is 4.56. The first-order chi connectivity index (χ1) is 10.7. The second-order valence-electron chi connectivity index (χ2n) is 7.82. The van der Waals surface area contributed by atoms with Crippen molar-refractivity contribution in [2.24, 2.45) is 0 Å². The fraction of sp³-hybridized carbons (Fsp3) is 0.700. The molecule has 1 aromatic rings. The minimum absolute atomic E-state index is 0.389. The summed E-state index contributed by atoms with van der Waals surface area (Å²) in [6, 6.07) is 10.4. The quantitative estimate of drug-likeness (QED) is 0.824. The molecule has 1 saturated heterocycles. The lowest BCUT2D eigenvalue weighted by Gasteiger charge is -2.39. The van der Waals surface area contributed by atoms with E-state index >= 15 is 0 Å². The van der Waals surface area contributed by atoms with Crippen LogP contribution in [0.4, 0.5) is 0 Å². The van der Waals surface area contributed by atoms with Crippen LogP contribution in [0, 0.1) is 0 Å². The maximum atomic E-state index is 5.89. The van der Waals surface area contributed by atoms with Gasteiger partial charge in [-0.15, -0.1) is 0 Å². The zero-order valence-corrected chi connectivity index (χ0v) is 14.0. The van der Waals surface area contributed by atoms with Crippen LogP contribution in [0.15, 0.2) is 24.3 Å². The van der Waals surface area contributed by atoms with Gasteiger partial charge in [0.05, 0.1) is 12.2 Å². The lowest BCUT2D eigenvalue weighted by Crippen LogP contribution is -2.49. The zero-order valence-electron chi connectivity index (χ0n) is 14.0. The van der Waals surface area contributed by atoms with Crippen LogP contribution < -0.4 is 0 Å². The Hall–Kier alpha value is -0.860. The molecule has 3 fully saturated rings. The van der Waals surface area contributed by atoms with Crippen molar-refractivity contribution < 1.29 is 4.74 Å². The fourth-order valence-electron chi connectivity index (χ4n) is 4.56. The number of ether oxygens (including phenoxy) is 1. The van der Waals surface area contributed by atoms with Crippen molar-refractivity contribution in [3.05, 3.63) is 35.4 Å². The third kappa shape index (κ3) is 3.09. The number of morpholine rings is 1. The molecule has 4 atom stereocenters. The maximum Gasteiger partial charge on any atom is 0.0678 e. The van der Waals surface area contributed by atoms with Gasteiger partial charge in [-0.25, -0.2) is 0 Å². The summed E-state index contributed by atoms with van der Waals surface area (Å²) in [6.45, 7) is 6.65. The lowest BCUT2D eigenvalue weighted by atomic mass is 9.95. The molecule has 2 heteroatoms. The largest absolute Gasteiger partial charge is 0.373 e. The van der Waals surface area contributed by atoms with Gasteiger partial charge in [0, 0.05) is 19.1 Å². The van der Waals surface area contributed by atoms with E-state index in [1.54, 1.807) is 11.1 Å². The predicted octanol–water partition coefficient (Wildman–Crippen LogP) is 4.31. The Balaban J connectivity index is 1.39. The van der Waals surface area contributed by atoms with Gasteiger partial charge in [0.15, 0.2) is 0 Å². The summed E-state index contributed by atoms with van der Waals surface area (Å²) in [5.41, 5.74) is 3.13. The Morgan fingerprint density at radius 1 is 0.818 bits per heavy atom. The van der Waals surface area contributed by atoms with Gasteiger partial charge in [-0.3, -0.25) is 4.90 Å². The average Bonchev–Trinajstić information content (AvgIpc) is 3.23. The van der Waals surface area contributed by atoms with Crippen LogP contribution in [0.5, 0.6) is 0 Å². The molecule has 1 heterocycles. The summed E-state index contributed by atoms with van der Waals surface area (Å²) in [4.78, 5) is 2.69. The summed E-state index contributed by atoms with van der Waals surface area (Å²) < 4.78 is 5.89. The third-order valence-corrected chi connectivity index (χ3v) is 5.83. The van der Waals surface area contributed by atoms with Crippen LogP contribution in [0.1, 0.15) is 68.9 Å². The van der Waals surface area contributed by atoms with E-state index in [1.165, 1.54) is 32.1 Å². The molecule has 0 unspecified atom stereocenters. The summed E-state index contributed by atoms with van der Waals surface area (Å²) in [6.07, 6.45) is 7.63. The Morgan fingerprint density at radius 2 is 1.36 bits per heavy atom. The van der Waals surface area contributed by atoms with E-state index in [2.05, 4.69) is 43.0 Å². The van der Waals surface area contributed by atoms with Crippen molar-refractivity contribution in [2.75, 3.05) is 13.1 Å². The van der Waals surface area contributed by atoms with E-state index in [0.717, 1.165) is 31.0 Å². The molecule has 2 nitrogen and oxygen atoms in total. The predicted molar refractivity (Wildman–Crippen MR) is 90.4 cm³/mol. The van der Waals surface area contributed by atoms with Crippen molar-refractivity contribution in [3.8, 4) is 0 Å². The molecular weight excluding hydrogens is 270 g/mol. The first-order valence-corrected chi connectivity index (χ1v) is 9.18. The highest BCUT2D eigenvalue weighted by molar-refractivity contribution is 5.30. The first-order valence-electron chi connectivity index (χ1n) is 9.18. The van der Waals surface area contributed by atoms with E-state index in [4.69, 9.17) is 4.74 Å². The molecule has 2 aliphatic carbocycles. The second kappa shape index (κ2) is 5.98. The molecule has 1 aromatic carbocycles. The molecule has 0 aromatic heterocycles. The number of benzene rings is 1. The molecule has 2 saturated carbocycles. The highest BCUT2D eigenvalue weighted by Gasteiger charge is 2.34. The Morgan fingerprint density at radius 3 is 1.95 bits per heavy atom. The maximum absolute atomic E-state index is 5.89. The minimum Gasteiger partial charge on any atom is -0.373 e. The van der Waals surface area contributed by atoms with Gasteiger partial charge in [0.2, 0.25) is 0 Å². The molecule has 4 rings (SSSR count). The van der Waals surface area contributed by atoms with Gasteiger partial charge in [-0.05, 0) is 68.9 Å². The number of hydrogen-bond donors (Lipinski definition) is 0. The highest BCUT2D eigenvalue weighted by Crippen LogP contribution is 2.42. The van der Waals surface area contributed by atoms with Gasteiger partial charge in [0.25, 0.3) is 0 Å². The first kappa shape index (κ1) is 14.7. The van der Waals surface area contributed by atoms with Gasteiger partial charge >= 0.3 is 0 Å². The van der Waals surface area contributed by atoms with Crippen LogP contribution in [-0.4, -0.2) is 36.2 Å². The Labute approximate surface area is 134 Å². The van der Waals surface area contributed by atoms with E-state index in [0.29, 0.717) is 12.2 Å². The third-order valence-electron chi connectivity index (χ3n) is 5.83. The Kier molecular flexibility index (Phi) is 4.00. The summed E-state index contributed by atoms with van der Waals surface area (Å²) >= 11 is 0. The molecular formula is C20H29NO. The summed E-state index contributed by atoms with van der Waals surface area (Å²) in [7, 11) is 0. The van der Waals surface area contributed by atoms with Crippen molar-refractivity contribution in [1.82, 2.24) is 4.90 Å². The summed E-state index contributed by atoms with van der Waals surface area (Å²) in [5, 5.41) is 0. The lowest BCUT2D eigenvalue weighted by molar-refractivity contribution is -0.0796. The Bertz CT molecular complexity index is 497. The molecule has 1 aliphatic heterocycles. The zero-order chi connectivity index (χ0) is 15.1. The molecule has 0 spiro atoms. The van der Waals surface area contributed by atoms with E-state index in [9.17, 15) is 0 Å². The van der Waals surface area contributed by atoms with Crippen molar-refractivity contribution >= 4 is 0 Å². The molecule has 3 aliphatic rings. The standard InChI is InChI=1S/C20H29NO/c1-14-12-21(13-15(2)22-14)20-10-9-19(11-20)18-7-5-17(6-8-18)16-3-4-16/h5-8,14-16,19-20H,3-4,9-13H2,1-2H3/t14-,15+,19-,20+/m1/s1. The van der Waals surface area contributed by atoms with Crippen LogP contribution in [-0.2, 0) is 4.74 Å². The SMILES string of the molecule is C[C@@H]1CN([C@H]2CC[C@@H](c3ccc(C4CC4)cc3)C2)C[C@H](C)O1. The summed E-state index contributed by atoms with van der Waals surface area (Å²) in [5.74, 6) is 1.65. The molecule has 0 amide bonds. The number of nitrogens with zero attached hydrogens (tertiary/aromatic N) is 1. The highest BCUT2D eigenvalue weighted by atomic mass is 16.5. The van der Waals surface area contributed by atoms with E-state index in [1.807, 2.05) is 0 Å². The molecule has 22 heavy (non-hydrogen) atoms. The van der Waals surface area contributed by atoms with E-state index in [-0.39, 0.29) is 0 Å². The smallest absolute Gasteiger partial charge is 0.0678 e. The molecule has 0 bridgehead atoms. The molecule has 0 N–H and O–H groups in total. The van der Waals surface area contributed by atoms with Crippen molar-refractivity contribution in [2.45, 2.75) is 76.0 Å². The number of hydrogen-bond acceptors (Lipinski definition) is 2. The van der Waals surface area contributed by atoms with E-state index < -0.39 is 0 Å². The van der Waals surface area contributed by atoms with Gasteiger partial charge in [-0.2, -0.15) is 0 Å². The van der Waals surface area contributed by atoms with Crippen molar-refractivity contribution in [3.63, 3.8) is 0 Å². The average molecular weight is 299 g/mol. The normalized spacial score (nSPS) is 36.6. The van der Waals surface area contributed by atoms with Gasteiger partial charge in [0.1, 0.15) is 0 Å². The topological polar surface area (TPSA) is 12.5 Å². The monoisotopic (exact) mass is 299 g/mol. The van der Waals surface area contributed by atoms with Crippen LogP contribution in [0.25, 0.3) is 0 Å². The molecule has 120 valence electrons.